The number of halogens is 1. The first kappa shape index (κ1) is 40.6. The van der Waals surface area contributed by atoms with Crippen molar-refractivity contribution >= 4 is 40.0 Å². The number of nitrogens with one attached hydrogen (secondary N) is 3. The summed E-state index contributed by atoms with van der Waals surface area (Å²) in [5.74, 6) is -3.21. The van der Waals surface area contributed by atoms with Crippen molar-refractivity contribution in [3.8, 4) is 0 Å². The predicted molar refractivity (Wildman–Crippen MR) is 190 cm³/mol. The average Bonchev–Trinajstić information content (AvgIpc) is 3.99. The number of hydrogen-bond donors (Lipinski definition) is 4. The van der Waals surface area contributed by atoms with E-state index in [1.807, 2.05) is 0 Å². The van der Waals surface area contributed by atoms with Gasteiger partial charge in [-0.25, -0.2) is 27.2 Å². The molecule has 6 atom stereocenters. The molecule has 2 heterocycles. The van der Waals surface area contributed by atoms with E-state index in [2.05, 4.69) is 26.7 Å². The summed E-state index contributed by atoms with van der Waals surface area (Å²) in [5.41, 5.74) is -1.49. The van der Waals surface area contributed by atoms with Crippen molar-refractivity contribution < 1.29 is 56.1 Å². The van der Waals surface area contributed by atoms with Gasteiger partial charge in [0.2, 0.25) is 15.9 Å². The third-order valence-corrected chi connectivity index (χ3v) is 11.6. The fourth-order valence-corrected chi connectivity index (χ4v) is 8.08. The lowest BCUT2D eigenvalue weighted by Gasteiger charge is -2.34. The molecule has 1 aromatic rings. The Morgan fingerprint density at radius 3 is 2.50 bits per heavy atom. The summed E-state index contributed by atoms with van der Waals surface area (Å²) in [6.45, 7) is 8.48. The lowest BCUT2D eigenvalue weighted by molar-refractivity contribution is -0.138. The van der Waals surface area contributed by atoms with Gasteiger partial charge in [-0.05, 0) is 64.5 Å². The third-order valence-electron chi connectivity index (χ3n) is 9.78. The number of aliphatic hydroxyl groups is 1. The van der Waals surface area contributed by atoms with E-state index in [0.717, 1.165) is 0 Å². The van der Waals surface area contributed by atoms with Gasteiger partial charge in [0.15, 0.2) is 0 Å². The zero-order valence-corrected chi connectivity index (χ0v) is 31.5. The number of carbonyl (C=O) groups excluding carboxylic acids is 5. The number of hydrogen-bond acceptors (Lipinski definition) is 12. The van der Waals surface area contributed by atoms with Crippen molar-refractivity contribution in [2.24, 2.45) is 5.92 Å². The molecule has 18 heteroatoms. The maximum atomic E-state index is 14.4. The van der Waals surface area contributed by atoms with Gasteiger partial charge in [0.05, 0.1) is 31.5 Å². The number of aliphatic hydroxyl groups excluding tert-OH is 1. The summed E-state index contributed by atoms with van der Waals surface area (Å²) in [6, 6.07) is 2.12. The highest BCUT2D eigenvalue weighted by molar-refractivity contribution is 7.91. The number of carbonyl (C=O) groups is 5. The van der Waals surface area contributed by atoms with Gasteiger partial charge in [0.1, 0.15) is 35.3 Å². The van der Waals surface area contributed by atoms with Crippen LogP contribution in [0.15, 0.2) is 43.0 Å². The Balaban J connectivity index is 1.38. The first-order chi connectivity index (χ1) is 25.4. The largest absolute Gasteiger partial charge is 0.466 e. The fourth-order valence-electron chi connectivity index (χ4n) is 6.72. The highest BCUT2D eigenvalue weighted by Gasteiger charge is 2.61. The number of nitrogens with zero attached hydrogens (tertiary/aromatic N) is 2. The van der Waals surface area contributed by atoms with Crippen molar-refractivity contribution in [1.29, 1.82) is 0 Å². The molecule has 2 aliphatic heterocycles. The lowest BCUT2D eigenvalue weighted by Crippen LogP contribution is -2.60. The molecule has 4 amide bonds. The van der Waals surface area contributed by atoms with E-state index >= 15 is 0 Å². The van der Waals surface area contributed by atoms with Crippen molar-refractivity contribution in [2.75, 3.05) is 13.7 Å². The Bertz CT molecular complexity index is 1800. The maximum Gasteiger partial charge on any atom is 0.410 e. The molecular formula is C36H48FN5O11S. The molecule has 54 heavy (non-hydrogen) atoms. The van der Waals surface area contributed by atoms with Crippen molar-refractivity contribution in [2.45, 2.75) is 113 Å². The van der Waals surface area contributed by atoms with Crippen molar-refractivity contribution in [3.05, 3.63) is 60.0 Å². The van der Waals surface area contributed by atoms with Gasteiger partial charge in [-0.2, -0.15) is 0 Å². The molecule has 2 aliphatic carbocycles. The van der Waals surface area contributed by atoms with Crippen LogP contribution < -0.4 is 15.4 Å². The highest BCUT2D eigenvalue weighted by atomic mass is 32.2. The molecule has 1 saturated heterocycles. The first-order valence-electron chi connectivity index (χ1n) is 17.8. The number of allylic oxidation sites excluding steroid dienone is 1. The number of rotatable bonds is 14. The number of methoxy groups -OCH3 is 1. The quantitative estimate of drug-likeness (QED) is 0.0704. The van der Waals surface area contributed by atoms with Crippen LogP contribution in [0.5, 0.6) is 0 Å². The van der Waals surface area contributed by atoms with E-state index in [0.29, 0.717) is 24.0 Å². The van der Waals surface area contributed by atoms with Gasteiger partial charge in [0, 0.05) is 30.5 Å². The number of amides is 4. The van der Waals surface area contributed by atoms with Crippen molar-refractivity contribution in [3.63, 3.8) is 0 Å². The zero-order valence-electron chi connectivity index (χ0n) is 30.7. The second kappa shape index (κ2) is 16.0. The van der Waals surface area contributed by atoms with Crippen LogP contribution in [0.4, 0.5) is 14.0 Å². The van der Waals surface area contributed by atoms with Gasteiger partial charge in [-0.15, -0.1) is 6.58 Å². The van der Waals surface area contributed by atoms with Crippen LogP contribution in [0.3, 0.4) is 0 Å². The second-order valence-electron chi connectivity index (χ2n) is 15.0. The topological polar surface area (TPSA) is 210 Å². The molecule has 0 spiro atoms. The number of likely N-dealkylation sites (tertiary alicyclic amines) is 1. The average molecular weight is 778 g/mol. The van der Waals surface area contributed by atoms with Crippen LogP contribution in [0.1, 0.15) is 70.4 Å². The molecule has 0 aromatic heterocycles. The molecule has 2 unspecified atom stereocenters. The number of alkyl carbamates (subject to hydrolysis) is 1. The fraction of sp³-hybridized carbons (Fsp3) is 0.583. The molecule has 1 aromatic carbocycles. The monoisotopic (exact) mass is 777 g/mol. The Labute approximate surface area is 313 Å². The minimum absolute atomic E-state index is 0.0235. The minimum atomic E-state index is -3.94. The summed E-state index contributed by atoms with van der Waals surface area (Å²) in [7, 11) is -2.73. The Morgan fingerprint density at radius 1 is 1.17 bits per heavy atom. The van der Waals surface area contributed by atoms with E-state index in [1.165, 1.54) is 41.2 Å². The predicted octanol–water partition coefficient (Wildman–Crippen LogP) is 2.11. The first-order valence-corrected chi connectivity index (χ1v) is 19.3. The molecule has 16 nitrogen and oxygen atoms in total. The summed E-state index contributed by atoms with van der Waals surface area (Å²) >= 11 is 0. The zero-order chi connectivity index (χ0) is 39.6. The van der Waals surface area contributed by atoms with E-state index in [9.17, 15) is 41.9 Å². The molecule has 2 saturated carbocycles. The summed E-state index contributed by atoms with van der Waals surface area (Å²) in [6.07, 6.45) is 0.681. The SMILES string of the molecule is C=C[C@@H]1C[C@]1(NC(O)C1C[C@@H](OC(=O)N2Cc3cccc(F)c3C2)CN1C(=O)[C@H](CC/C=C/C(=O)OC)NC(=O)OC(C)(C)C)C(=O)NS(=O)(=O)C1CC1. The summed E-state index contributed by atoms with van der Waals surface area (Å²) in [4.78, 5) is 68.2. The Morgan fingerprint density at radius 2 is 1.89 bits per heavy atom. The minimum Gasteiger partial charge on any atom is -0.466 e. The molecule has 0 bridgehead atoms. The summed E-state index contributed by atoms with van der Waals surface area (Å²) < 4.78 is 57.7. The van der Waals surface area contributed by atoms with Crippen LogP contribution in [-0.2, 0) is 51.7 Å². The number of esters is 1. The molecular weight excluding hydrogens is 729 g/mol. The molecule has 296 valence electrons. The number of benzene rings is 1. The molecule has 4 aliphatic rings. The van der Waals surface area contributed by atoms with Gasteiger partial charge in [0.25, 0.3) is 5.91 Å². The maximum absolute atomic E-state index is 14.4. The third kappa shape index (κ3) is 9.57. The van der Waals surface area contributed by atoms with Crippen molar-refractivity contribution in [1.82, 2.24) is 25.2 Å². The van der Waals surface area contributed by atoms with Gasteiger partial charge in [-0.1, -0.05) is 24.3 Å². The van der Waals surface area contributed by atoms with Crippen LogP contribution in [0.2, 0.25) is 0 Å². The highest BCUT2D eigenvalue weighted by Crippen LogP contribution is 2.46. The summed E-state index contributed by atoms with van der Waals surface area (Å²) in [5, 5.41) is 16.5. The van der Waals surface area contributed by atoms with Crippen LogP contribution in [0.25, 0.3) is 0 Å². The lowest BCUT2D eigenvalue weighted by atomic mass is 10.1. The Hall–Kier alpha value is -4.55. The molecule has 4 N–H and O–H groups in total. The molecule has 3 fully saturated rings. The van der Waals surface area contributed by atoms with E-state index in [1.54, 1.807) is 32.9 Å². The van der Waals surface area contributed by atoms with Crippen LogP contribution in [0, 0.1) is 11.7 Å². The number of fused-ring (bicyclic) bond motifs is 1. The standard InChI is InChI=1S/C36H48FN5O11S/c1-6-22-17-36(22,32(46)40-54(49,50)24-14-15-24)39-30(44)28-16-23(52-34(48)41-18-21-10-9-11-26(37)25(21)20-41)19-42(28)31(45)27(12-7-8-13-29(43)51-5)38-33(47)53-35(2,3)4/h6,8-11,13,22-24,27-28,30,39,44H,1,7,12,14-20H2,2-5H3,(H,38,47)(H,40,46)/b13-8+/t22-,23-,27+,28?,30?,36-/m1/s1. The van der Waals surface area contributed by atoms with Gasteiger partial charge in [-0.3, -0.25) is 24.5 Å². The molecule has 0 radical (unpaired) electrons. The van der Waals surface area contributed by atoms with E-state index < -0.39 is 92.5 Å². The van der Waals surface area contributed by atoms with Crippen LogP contribution in [-0.4, -0.2) is 108 Å². The number of ether oxygens (including phenoxy) is 3. The van der Waals surface area contributed by atoms with E-state index in [4.69, 9.17) is 9.47 Å². The smallest absolute Gasteiger partial charge is 0.410 e. The number of sulfonamides is 1. The van der Waals surface area contributed by atoms with Crippen LogP contribution >= 0.6 is 0 Å². The van der Waals surface area contributed by atoms with E-state index in [-0.39, 0.29) is 45.3 Å². The second-order valence-corrected chi connectivity index (χ2v) is 17.0. The molecule has 5 rings (SSSR count). The van der Waals surface area contributed by atoms with Gasteiger partial charge < -0.3 is 29.5 Å². The van der Waals surface area contributed by atoms with Gasteiger partial charge >= 0.3 is 18.2 Å². The normalized spacial score (nSPS) is 24.7. The Kier molecular flexibility index (Phi) is 12.1.